The number of fused-ring (bicyclic) bond motifs is 1. The smallest absolute Gasteiger partial charge is 0.418 e. The SMILES string of the molecule is CCCCN1C(C(C(=O)Nc2cc(C(C)(C)C)ccc2Sc2cc(C(C)(C)C)ccc2C)N2C(=O)OC(C)(C)C2=O)=Nc2ccccc2S1(=O)=O. The van der Waals surface area contributed by atoms with Crippen LogP contribution >= 0.6 is 11.8 Å². The van der Waals surface area contributed by atoms with Crippen molar-refractivity contribution in [3.63, 3.8) is 0 Å². The second-order valence-electron chi connectivity index (χ2n) is 15.6. The maximum absolute atomic E-state index is 14.8. The lowest BCUT2D eigenvalue weighted by Gasteiger charge is -2.35. The molecule has 1 fully saturated rings. The number of hydrogen-bond acceptors (Lipinski definition) is 8. The molecule has 3 amide bonds. The van der Waals surface area contributed by atoms with E-state index < -0.39 is 39.6 Å². The van der Waals surface area contributed by atoms with Gasteiger partial charge in [0.1, 0.15) is 4.90 Å². The van der Waals surface area contributed by atoms with Gasteiger partial charge < -0.3 is 10.1 Å². The van der Waals surface area contributed by atoms with Crippen molar-refractivity contribution in [3.05, 3.63) is 77.4 Å². The Hall–Kier alpha value is -4.16. The van der Waals surface area contributed by atoms with Crippen LogP contribution in [-0.2, 0) is 35.2 Å². The molecule has 1 unspecified atom stereocenters. The molecular weight excluding hydrogens is 685 g/mol. The van der Waals surface area contributed by atoms with Crippen LogP contribution in [0.2, 0.25) is 0 Å². The van der Waals surface area contributed by atoms with Crippen LogP contribution in [0, 0.1) is 6.92 Å². The highest BCUT2D eigenvalue weighted by molar-refractivity contribution is 7.99. The van der Waals surface area contributed by atoms with E-state index in [-0.39, 0.29) is 33.8 Å². The number of ether oxygens (including phenoxy) is 1. The van der Waals surface area contributed by atoms with Crippen molar-refractivity contribution < 1.29 is 27.5 Å². The molecule has 51 heavy (non-hydrogen) atoms. The number of rotatable bonds is 9. The average Bonchev–Trinajstić information content (AvgIpc) is 3.23. The lowest BCUT2D eigenvalue weighted by molar-refractivity contribution is -0.137. The molecule has 3 aromatic carbocycles. The molecule has 12 heteroatoms. The van der Waals surface area contributed by atoms with Gasteiger partial charge in [-0.2, -0.15) is 0 Å². The molecule has 0 aliphatic carbocycles. The molecular formula is C39H48N4O6S2. The number of amides is 3. The Morgan fingerprint density at radius 3 is 2.18 bits per heavy atom. The van der Waals surface area contributed by atoms with Gasteiger partial charge in [0, 0.05) is 16.3 Å². The molecule has 0 bridgehead atoms. The van der Waals surface area contributed by atoms with E-state index in [0.717, 1.165) is 30.8 Å². The van der Waals surface area contributed by atoms with Crippen LogP contribution in [0.25, 0.3) is 0 Å². The van der Waals surface area contributed by atoms with E-state index in [4.69, 9.17) is 4.74 Å². The van der Waals surface area contributed by atoms with Crippen LogP contribution < -0.4 is 5.32 Å². The number of carbonyl (C=O) groups excluding carboxylic acids is 3. The minimum atomic E-state index is -4.22. The van der Waals surface area contributed by atoms with Crippen molar-refractivity contribution >= 4 is 56.9 Å². The molecule has 10 nitrogen and oxygen atoms in total. The summed E-state index contributed by atoms with van der Waals surface area (Å²) in [4.78, 5) is 49.2. The monoisotopic (exact) mass is 732 g/mol. The Balaban J connectivity index is 1.68. The van der Waals surface area contributed by atoms with E-state index in [2.05, 4.69) is 70.1 Å². The highest BCUT2D eigenvalue weighted by Crippen LogP contribution is 2.41. The second-order valence-corrected chi connectivity index (χ2v) is 18.5. The van der Waals surface area contributed by atoms with E-state index in [9.17, 15) is 22.8 Å². The topological polar surface area (TPSA) is 125 Å². The standard InChI is InChI=1S/C39H48N4O6S2/c1-11-12-21-42-33(40-27-15-13-14-16-31(27)51(42,47)48)32(43-35(45)39(9,10)49-36(43)46)34(44)41-28-22-25(37(3,4)5)19-20-29(28)50-30-23-26(38(6,7)8)18-17-24(30)2/h13-20,22-23,32H,11-12,21H2,1-10H3,(H,41,44). The molecule has 2 aliphatic rings. The van der Waals surface area contributed by atoms with Crippen LogP contribution in [0.15, 0.2) is 80.3 Å². The summed E-state index contributed by atoms with van der Waals surface area (Å²) in [6.07, 6.45) is 0.0261. The van der Waals surface area contributed by atoms with Gasteiger partial charge in [0.05, 0.1) is 11.4 Å². The molecule has 0 aromatic heterocycles. The van der Waals surface area contributed by atoms with Crippen LogP contribution in [0.3, 0.4) is 0 Å². The highest BCUT2D eigenvalue weighted by Gasteiger charge is 2.55. The number of sulfonamides is 1. The van der Waals surface area contributed by atoms with Crippen molar-refractivity contribution in [3.8, 4) is 0 Å². The predicted octanol–water partition coefficient (Wildman–Crippen LogP) is 8.34. The van der Waals surface area contributed by atoms with Gasteiger partial charge in [-0.25, -0.2) is 23.1 Å². The van der Waals surface area contributed by atoms with Crippen LogP contribution in [-0.4, -0.2) is 59.6 Å². The Labute approximate surface area is 306 Å². The molecule has 3 aromatic rings. The summed E-state index contributed by atoms with van der Waals surface area (Å²) in [6.45, 7) is 19.4. The second kappa shape index (κ2) is 13.8. The fourth-order valence-electron chi connectivity index (χ4n) is 5.86. The lowest BCUT2D eigenvalue weighted by atomic mass is 9.87. The van der Waals surface area contributed by atoms with Gasteiger partial charge in [-0.3, -0.25) is 13.9 Å². The fraction of sp³-hybridized carbons (Fsp3) is 0.436. The number of cyclic esters (lactones) is 1. The normalized spacial score (nSPS) is 17.5. The van der Waals surface area contributed by atoms with E-state index in [1.54, 1.807) is 12.1 Å². The average molecular weight is 733 g/mol. The zero-order valence-corrected chi connectivity index (χ0v) is 32.7. The fourth-order valence-corrected chi connectivity index (χ4v) is 8.49. The molecule has 1 atom stereocenters. The minimum absolute atomic E-state index is 0.0136. The number of unbranched alkanes of at least 4 members (excludes halogenated alkanes) is 1. The quantitative estimate of drug-likeness (QED) is 0.235. The van der Waals surface area contributed by atoms with Gasteiger partial charge in [0.2, 0.25) is 0 Å². The molecule has 1 N–H and O–H groups in total. The first-order valence-electron chi connectivity index (χ1n) is 17.2. The number of imide groups is 1. The highest BCUT2D eigenvalue weighted by atomic mass is 32.2. The van der Waals surface area contributed by atoms with Gasteiger partial charge >= 0.3 is 6.09 Å². The van der Waals surface area contributed by atoms with Crippen molar-refractivity contribution in [2.75, 3.05) is 11.9 Å². The number of hydrogen-bond donors (Lipinski definition) is 1. The number of amidine groups is 1. The van der Waals surface area contributed by atoms with Crippen molar-refractivity contribution in [2.45, 2.75) is 119 Å². The van der Waals surface area contributed by atoms with Crippen molar-refractivity contribution in [1.82, 2.24) is 9.21 Å². The lowest BCUT2D eigenvalue weighted by Crippen LogP contribution is -2.59. The van der Waals surface area contributed by atoms with Crippen LogP contribution in [0.4, 0.5) is 16.2 Å². The van der Waals surface area contributed by atoms with Crippen molar-refractivity contribution in [1.29, 1.82) is 0 Å². The number of anilines is 1. The maximum atomic E-state index is 14.8. The van der Waals surface area contributed by atoms with E-state index in [0.29, 0.717) is 23.4 Å². The summed E-state index contributed by atoms with van der Waals surface area (Å²) >= 11 is 1.49. The van der Waals surface area contributed by atoms with Gasteiger partial charge in [0.15, 0.2) is 17.5 Å². The molecule has 1 saturated heterocycles. The van der Waals surface area contributed by atoms with Crippen molar-refractivity contribution in [2.24, 2.45) is 4.99 Å². The molecule has 272 valence electrons. The summed E-state index contributed by atoms with van der Waals surface area (Å²) in [7, 11) is -4.22. The first-order chi connectivity index (χ1) is 23.7. The summed E-state index contributed by atoms with van der Waals surface area (Å²) in [6, 6.07) is 16.7. The van der Waals surface area contributed by atoms with Gasteiger partial charge in [0.25, 0.3) is 21.8 Å². The number of aliphatic imine (C=N–C) groups is 1. The maximum Gasteiger partial charge on any atom is 0.418 e. The molecule has 2 heterocycles. The summed E-state index contributed by atoms with van der Waals surface area (Å²) in [5, 5.41) is 3.01. The zero-order chi connectivity index (χ0) is 37.7. The number of nitrogens with zero attached hydrogens (tertiary/aromatic N) is 3. The third kappa shape index (κ3) is 7.58. The molecule has 0 radical (unpaired) electrons. The van der Waals surface area contributed by atoms with Gasteiger partial charge in [-0.05, 0) is 85.0 Å². The molecule has 0 saturated carbocycles. The third-order valence-electron chi connectivity index (χ3n) is 9.04. The Kier molecular flexibility index (Phi) is 10.3. The molecule has 2 aliphatic heterocycles. The molecule has 0 spiro atoms. The minimum Gasteiger partial charge on any atom is -0.433 e. The van der Waals surface area contributed by atoms with Crippen LogP contribution in [0.1, 0.15) is 91.8 Å². The Morgan fingerprint density at radius 2 is 1.57 bits per heavy atom. The van der Waals surface area contributed by atoms with Gasteiger partial charge in [-0.1, -0.05) is 97.0 Å². The van der Waals surface area contributed by atoms with E-state index in [1.165, 1.54) is 37.7 Å². The Morgan fingerprint density at radius 1 is 0.941 bits per heavy atom. The van der Waals surface area contributed by atoms with Crippen LogP contribution in [0.5, 0.6) is 0 Å². The Bertz CT molecular complexity index is 2030. The largest absolute Gasteiger partial charge is 0.433 e. The number of para-hydroxylation sites is 1. The summed E-state index contributed by atoms with van der Waals surface area (Å²) in [5.74, 6) is -1.84. The first-order valence-corrected chi connectivity index (χ1v) is 19.4. The molecule has 5 rings (SSSR count). The van der Waals surface area contributed by atoms with Gasteiger partial charge in [-0.15, -0.1) is 0 Å². The predicted molar refractivity (Wildman–Crippen MR) is 201 cm³/mol. The third-order valence-corrected chi connectivity index (χ3v) is 12.1. The zero-order valence-electron chi connectivity index (χ0n) is 31.1. The first kappa shape index (κ1) is 38.1. The van der Waals surface area contributed by atoms with E-state index in [1.807, 2.05) is 32.0 Å². The summed E-state index contributed by atoms with van der Waals surface area (Å²) < 4.78 is 34.8. The van der Waals surface area contributed by atoms with E-state index >= 15 is 0 Å². The number of carbonyl (C=O) groups is 3. The number of nitrogens with one attached hydrogen (secondary N) is 1. The number of benzene rings is 3. The number of aryl methyl sites for hydroxylation is 1. The summed E-state index contributed by atoms with van der Waals surface area (Å²) in [5.41, 5.74) is 1.75.